The van der Waals surface area contributed by atoms with E-state index < -0.39 is 0 Å². The van der Waals surface area contributed by atoms with Crippen molar-refractivity contribution >= 4 is 17.5 Å². The first kappa shape index (κ1) is 18.0. The number of nitrogens with one attached hydrogen (secondary N) is 1. The van der Waals surface area contributed by atoms with Crippen LogP contribution in [0, 0.1) is 5.92 Å². The molecule has 1 saturated heterocycles. The fourth-order valence-corrected chi connectivity index (χ4v) is 3.50. The Hall–Kier alpha value is -3.41. The van der Waals surface area contributed by atoms with Gasteiger partial charge in [0.2, 0.25) is 11.8 Å². The number of anilines is 1. The van der Waals surface area contributed by atoms with E-state index in [0.29, 0.717) is 6.54 Å². The predicted molar refractivity (Wildman–Crippen MR) is 107 cm³/mol. The largest absolute Gasteiger partial charge is 0.349 e. The van der Waals surface area contributed by atoms with Crippen molar-refractivity contribution in [3.63, 3.8) is 0 Å². The SMILES string of the molecule is C[C@@H](NC(=O)[C@@H]1CC(=O)N(c2ccccc2)C1)c1ccc(-n2ccnc2)cc1. The van der Waals surface area contributed by atoms with Gasteiger partial charge in [-0.2, -0.15) is 0 Å². The normalized spacial score (nSPS) is 17.5. The smallest absolute Gasteiger partial charge is 0.227 e. The number of para-hydroxylation sites is 1. The number of hydrogen-bond donors (Lipinski definition) is 1. The molecule has 1 aliphatic heterocycles. The standard InChI is InChI=1S/C22H22N4O2/c1-16(17-7-9-19(10-8-17)25-12-11-23-15-25)24-22(28)18-13-21(27)26(14-18)20-5-3-2-4-6-20/h2-12,15-16,18H,13-14H2,1H3,(H,24,28)/t16-,18-/m1/s1. The summed E-state index contributed by atoms with van der Waals surface area (Å²) in [5.41, 5.74) is 2.87. The quantitative estimate of drug-likeness (QED) is 0.746. The van der Waals surface area contributed by atoms with Gasteiger partial charge in [0, 0.05) is 36.7 Å². The molecule has 1 aliphatic rings. The lowest BCUT2D eigenvalue weighted by atomic mass is 10.0. The van der Waals surface area contributed by atoms with Crippen molar-refractivity contribution < 1.29 is 9.59 Å². The van der Waals surface area contributed by atoms with Gasteiger partial charge < -0.3 is 14.8 Å². The van der Waals surface area contributed by atoms with Crippen molar-refractivity contribution in [2.75, 3.05) is 11.4 Å². The molecule has 142 valence electrons. The van der Waals surface area contributed by atoms with Gasteiger partial charge in [0.05, 0.1) is 18.3 Å². The van der Waals surface area contributed by atoms with Gasteiger partial charge in [-0.3, -0.25) is 9.59 Å². The van der Waals surface area contributed by atoms with E-state index in [1.165, 1.54) is 0 Å². The highest BCUT2D eigenvalue weighted by Crippen LogP contribution is 2.25. The second-order valence-electron chi connectivity index (χ2n) is 7.03. The number of amides is 2. The summed E-state index contributed by atoms with van der Waals surface area (Å²) in [6.45, 7) is 2.37. The predicted octanol–water partition coefficient (Wildman–Crippen LogP) is 3.10. The average Bonchev–Trinajstić information content (AvgIpc) is 3.39. The molecule has 2 aromatic carbocycles. The van der Waals surface area contributed by atoms with Crippen LogP contribution in [0.5, 0.6) is 0 Å². The van der Waals surface area contributed by atoms with E-state index in [9.17, 15) is 9.59 Å². The third-order valence-electron chi connectivity index (χ3n) is 5.12. The maximum absolute atomic E-state index is 12.7. The third kappa shape index (κ3) is 3.67. The topological polar surface area (TPSA) is 67.2 Å². The first-order valence-electron chi connectivity index (χ1n) is 9.36. The lowest BCUT2D eigenvalue weighted by Crippen LogP contribution is -2.34. The van der Waals surface area contributed by atoms with E-state index in [-0.39, 0.29) is 30.2 Å². The zero-order chi connectivity index (χ0) is 19.5. The Labute approximate surface area is 163 Å². The van der Waals surface area contributed by atoms with E-state index in [1.807, 2.05) is 72.3 Å². The van der Waals surface area contributed by atoms with Crippen molar-refractivity contribution in [1.82, 2.24) is 14.9 Å². The molecule has 4 rings (SSSR count). The Kier molecular flexibility index (Phi) is 4.93. The van der Waals surface area contributed by atoms with Gasteiger partial charge in [0.25, 0.3) is 0 Å². The zero-order valence-electron chi connectivity index (χ0n) is 15.7. The molecular formula is C22H22N4O2. The Balaban J connectivity index is 1.39. The van der Waals surface area contributed by atoms with Crippen molar-refractivity contribution in [3.05, 3.63) is 78.9 Å². The lowest BCUT2D eigenvalue weighted by molar-refractivity contribution is -0.126. The number of carbonyl (C=O) groups is 2. The number of aromatic nitrogens is 2. The maximum atomic E-state index is 12.7. The minimum Gasteiger partial charge on any atom is -0.349 e. The molecule has 1 N–H and O–H groups in total. The molecule has 2 atom stereocenters. The maximum Gasteiger partial charge on any atom is 0.227 e. The van der Waals surface area contributed by atoms with Crippen molar-refractivity contribution in [1.29, 1.82) is 0 Å². The average molecular weight is 374 g/mol. The second-order valence-corrected chi connectivity index (χ2v) is 7.03. The molecule has 6 nitrogen and oxygen atoms in total. The molecule has 0 spiro atoms. The van der Waals surface area contributed by atoms with Crippen LogP contribution >= 0.6 is 0 Å². The minimum atomic E-state index is -0.333. The highest BCUT2D eigenvalue weighted by molar-refractivity contribution is 6.00. The Morgan fingerprint density at radius 1 is 1.11 bits per heavy atom. The van der Waals surface area contributed by atoms with Crippen LogP contribution in [0.3, 0.4) is 0 Å². The molecule has 2 heterocycles. The summed E-state index contributed by atoms with van der Waals surface area (Å²) in [5, 5.41) is 3.05. The fourth-order valence-electron chi connectivity index (χ4n) is 3.50. The minimum absolute atomic E-state index is 0.0105. The summed E-state index contributed by atoms with van der Waals surface area (Å²) in [5.74, 6) is -0.429. The van der Waals surface area contributed by atoms with Gasteiger partial charge in [-0.1, -0.05) is 30.3 Å². The molecule has 0 bridgehead atoms. The van der Waals surface area contributed by atoms with Crippen LogP contribution in [0.4, 0.5) is 5.69 Å². The molecule has 1 aromatic heterocycles. The number of benzene rings is 2. The van der Waals surface area contributed by atoms with Gasteiger partial charge >= 0.3 is 0 Å². The molecule has 0 unspecified atom stereocenters. The summed E-state index contributed by atoms with van der Waals surface area (Å²) in [7, 11) is 0. The molecule has 0 saturated carbocycles. The van der Waals surface area contributed by atoms with Gasteiger partial charge in [0.15, 0.2) is 0 Å². The van der Waals surface area contributed by atoms with E-state index in [4.69, 9.17) is 0 Å². The van der Waals surface area contributed by atoms with Gasteiger partial charge in [0.1, 0.15) is 0 Å². The van der Waals surface area contributed by atoms with E-state index in [2.05, 4.69) is 10.3 Å². The monoisotopic (exact) mass is 374 g/mol. The van der Waals surface area contributed by atoms with Gasteiger partial charge in [-0.15, -0.1) is 0 Å². The van der Waals surface area contributed by atoms with Crippen LogP contribution in [-0.2, 0) is 9.59 Å². The van der Waals surface area contributed by atoms with Crippen LogP contribution in [0.15, 0.2) is 73.3 Å². The van der Waals surface area contributed by atoms with E-state index >= 15 is 0 Å². The number of rotatable bonds is 5. The summed E-state index contributed by atoms with van der Waals surface area (Å²) in [4.78, 5) is 30.8. The fraction of sp³-hybridized carbons (Fsp3) is 0.227. The van der Waals surface area contributed by atoms with Crippen LogP contribution in [0.2, 0.25) is 0 Å². The Morgan fingerprint density at radius 3 is 2.54 bits per heavy atom. The lowest BCUT2D eigenvalue weighted by Gasteiger charge is -2.19. The summed E-state index contributed by atoms with van der Waals surface area (Å²) < 4.78 is 1.93. The van der Waals surface area contributed by atoms with Gasteiger partial charge in [-0.25, -0.2) is 4.98 Å². The van der Waals surface area contributed by atoms with Crippen molar-refractivity contribution in [3.8, 4) is 5.69 Å². The zero-order valence-corrected chi connectivity index (χ0v) is 15.7. The second kappa shape index (κ2) is 7.68. The van der Waals surface area contributed by atoms with E-state index in [0.717, 1.165) is 16.9 Å². The highest BCUT2D eigenvalue weighted by Gasteiger charge is 2.35. The summed E-state index contributed by atoms with van der Waals surface area (Å²) >= 11 is 0. The number of imidazole rings is 1. The summed E-state index contributed by atoms with van der Waals surface area (Å²) in [6.07, 6.45) is 5.61. The van der Waals surface area contributed by atoms with Crippen LogP contribution in [0.1, 0.15) is 24.9 Å². The highest BCUT2D eigenvalue weighted by atomic mass is 16.2. The number of carbonyl (C=O) groups excluding carboxylic acids is 2. The number of hydrogen-bond acceptors (Lipinski definition) is 3. The molecule has 6 heteroatoms. The molecule has 1 fully saturated rings. The molecule has 0 radical (unpaired) electrons. The van der Waals surface area contributed by atoms with Crippen LogP contribution in [0.25, 0.3) is 5.69 Å². The Bertz CT molecular complexity index is 952. The Morgan fingerprint density at radius 2 is 1.86 bits per heavy atom. The van der Waals surface area contributed by atoms with Crippen molar-refractivity contribution in [2.45, 2.75) is 19.4 Å². The van der Waals surface area contributed by atoms with Crippen molar-refractivity contribution in [2.24, 2.45) is 5.92 Å². The van der Waals surface area contributed by atoms with Gasteiger partial charge in [-0.05, 0) is 36.8 Å². The van der Waals surface area contributed by atoms with Crippen LogP contribution in [-0.4, -0.2) is 27.9 Å². The molecule has 28 heavy (non-hydrogen) atoms. The molecular weight excluding hydrogens is 352 g/mol. The third-order valence-corrected chi connectivity index (χ3v) is 5.12. The molecule has 3 aromatic rings. The van der Waals surface area contributed by atoms with Crippen LogP contribution < -0.4 is 10.2 Å². The first-order valence-corrected chi connectivity index (χ1v) is 9.36. The number of nitrogens with zero attached hydrogens (tertiary/aromatic N) is 3. The van der Waals surface area contributed by atoms with E-state index in [1.54, 1.807) is 17.4 Å². The summed E-state index contributed by atoms with van der Waals surface area (Å²) in [6, 6.07) is 17.3. The molecule has 0 aliphatic carbocycles. The first-order chi connectivity index (χ1) is 13.6. The molecule has 2 amide bonds.